The van der Waals surface area contributed by atoms with E-state index in [1.807, 2.05) is 37.3 Å². The quantitative estimate of drug-likeness (QED) is 0.770. The van der Waals surface area contributed by atoms with Gasteiger partial charge in [-0.1, -0.05) is 12.1 Å². The van der Waals surface area contributed by atoms with Crippen molar-refractivity contribution in [3.63, 3.8) is 0 Å². The second kappa shape index (κ2) is 5.66. The Hall–Kier alpha value is -2.82. The van der Waals surface area contributed by atoms with Crippen molar-refractivity contribution in [2.75, 3.05) is 6.61 Å². The number of phenolic OH excluding ortho intramolecular Hbond substituents is 1. The molecule has 0 aliphatic heterocycles. The lowest BCUT2D eigenvalue weighted by Crippen LogP contribution is -1.96. The van der Waals surface area contributed by atoms with E-state index in [1.165, 1.54) is 0 Å². The van der Waals surface area contributed by atoms with Crippen LogP contribution in [-0.4, -0.2) is 26.9 Å². The minimum Gasteiger partial charge on any atom is -0.507 e. The van der Waals surface area contributed by atoms with Gasteiger partial charge in [-0.05, 0) is 37.3 Å². The maximum absolute atomic E-state index is 9.90. The van der Waals surface area contributed by atoms with Crippen molar-refractivity contribution in [2.24, 2.45) is 0 Å². The molecule has 21 heavy (non-hydrogen) atoms. The van der Waals surface area contributed by atoms with Crippen LogP contribution >= 0.6 is 0 Å². The number of pyridine rings is 1. The first kappa shape index (κ1) is 13.2. The van der Waals surface area contributed by atoms with Gasteiger partial charge in [-0.15, -0.1) is 0 Å². The fourth-order valence-corrected chi connectivity index (χ4v) is 2.14. The van der Waals surface area contributed by atoms with Gasteiger partial charge in [-0.3, -0.25) is 5.10 Å². The van der Waals surface area contributed by atoms with Gasteiger partial charge in [0.05, 0.1) is 23.6 Å². The van der Waals surface area contributed by atoms with Crippen molar-refractivity contribution in [1.82, 2.24) is 15.2 Å². The topological polar surface area (TPSA) is 71.0 Å². The molecule has 0 spiro atoms. The number of ether oxygens (including phenoxy) is 1. The zero-order valence-electron chi connectivity index (χ0n) is 11.6. The first-order valence-electron chi connectivity index (χ1n) is 6.71. The fraction of sp³-hybridized carbons (Fsp3) is 0.125. The molecule has 0 saturated heterocycles. The number of para-hydroxylation sites is 1. The molecule has 0 radical (unpaired) electrons. The molecule has 2 heterocycles. The molecule has 5 heteroatoms. The summed E-state index contributed by atoms with van der Waals surface area (Å²) in [4.78, 5) is 4.22. The molecule has 106 valence electrons. The molecule has 0 aliphatic rings. The van der Waals surface area contributed by atoms with Crippen molar-refractivity contribution in [1.29, 1.82) is 0 Å². The van der Waals surface area contributed by atoms with Crippen LogP contribution in [0.4, 0.5) is 0 Å². The van der Waals surface area contributed by atoms with Crippen molar-refractivity contribution in [2.45, 2.75) is 6.92 Å². The summed E-state index contributed by atoms with van der Waals surface area (Å²) < 4.78 is 5.52. The number of phenols is 1. The number of nitrogens with zero attached hydrogens (tertiary/aromatic N) is 2. The summed E-state index contributed by atoms with van der Waals surface area (Å²) in [5.41, 5.74) is 2.99. The molecule has 0 fully saturated rings. The average molecular weight is 281 g/mol. The average Bonchev–Trinajstić information content (AvgIpc) is 2.98. The lowest BCUT2D eigenvalue weighted by molar-refractivity contribution is 0.328. The smallest absolute Gasteiger partial charge is 0.222 e. The molecule has 3 aromatic rings. The summed E-state index contributed by atoms with van der Waals surface area (Å²) in [6.07, 6.45) is 1.69. The molecule has 5 nitrogen and oxygen atoms in total. The van der Waals surface area contributed by atoms with Crippen LogP contribution in [-0.2, 0) is 0 Å². The monoisotopic (exact) mass is 281 g/mol. The van der Waals surface area contributed by atoms with Crippen molar-refractivity contribution in [3.8, 4) is 34.1 Å². The van der Waals surface area contributed by atoms with Crippen LogP contribution in [0.3, 0.4) is 0 Å². The molecule has 2 aromatic heterocycles. The second-order valence-electron chi connectivity index (χ2n) is 4.47. The maximum atomic E-state index is 9.90. The van der Waals surface area contributed by atoms with Gasteiger partial charge in [0, 0.05) is 11.8 Å². The Kier molecular flexibility index (Phi) is 3.55. The van der Waals surface area contributed by atoms with Gasteiger partial charge in [-0.25, -0.2) is 4.98 Å². The highest BCUT2D eigenvalue weighted by atomic mass is 16.5. The standard InChI is InChI=1S/C16H15N3O2/c1-2-21-16-12(7-5-9-17-16)14-10-13(18-19-14)11-6-3-4-8-15(11)20/h3-10,20H,2H2,1H3,(H,18,19). The van der Waals surface area contributed by atoms with E-state index in [4.69, 9.17) is 4.74 Å². The number of H-pyrrole nitrogens is 1. The van der Waals surface area contributed by atoms with Gasteiger partial charge in [0.25, 0.3) is 0 Å². The molecule has 0 bridgehead atoms. The highest BCUT2D eigenvalue weighted by Gasteiger charge is 2.13. The Bertz CT molecular complexity index is 753. The van der Waals surface area contributed by atoms with Crippen LogP contribution in [0.15, 0.2) is 48.7 Å². The van der Waals surface area contributed by atoms with Gasteiger partial charge < -0.3 is 9.84 Å². The molecular formula is C16H15N3O2. The summed E-state index contributed by atoms with van der Waals surface area (Å²) >= 11 is 0. The summed E-state index contributed by atoms with van der Waals surface area (Å²) in [6.45, 7) is 2.46. The number of rotatable bonds is 4. The normalized spacial score (nSPS) is 10.5. The Morgan fingerprint density at radius 1 is 1.14 bits per heavy atom. The summed E-state index contributed by atoms with van der Waals surface area (Å²) in [6, 6.07) is 12.7. The molecular weight excluding hydrogens is 266 g/mol. The van der Waals surface area contributed by atoms with Crippen LogP contribution in [0.1, 0.15) is 6.92 Å². The van der Waals surface area contributed by atoms with Gasteiger partial charge >= 0.3 is 0 Å². The van der Waals surface area contributed by atoms with Crippen molar-refractivity contribution < 1.29 is 9.84 Å². The fourth-order valence-electron chi connectivity index (χ4n) is 2.14. The lowest BCUT2D eigenvalue weighted by atomic mass is 10.1. The first-order valence-corrected chi connectivity index (χ1v) is 6.71. The number of aromatic amines is 1. The summed E-state index contributed by atoms with van der Waals surface area (Å²) in [7, 11) is 0. The predicted molar refractivity (Wildman–Crippen MR) is 80.1 cm³/mol. The van der Waals surface area contributed by atoms with E-state index < -0.39 is 0 Å². The van der Waals surface area contributed by atoms with Gasteiger partial charge in [-0.2, -0.15) is 5.10 Å². The minimum atomic E-state index is 0.212. The number of nitrogens with one attached hydrogen (secondary N) is 1. The Morgan fingerprint density at radius 2 is 1.95 bits per heavy atom. The molecule has 0 amide bonds. The zero-order chi connectivity index (χ0) is 14.7. The SMILES string of the molecule is CCOc1ncccc1-c1cc(-c2ccccc2O)[nH]n1. The van der Waals surface area contributed by atoms with E-state index in [-0.39, 0.29) is 5.75 Å². The molecule has 1 aromatic carbocycles. The molecule has 0 unspecified atom stereocenters. The third kappa shape index (κ3) is 2.58. The number of hydrogen-bond donors (Lipinski definition) is 2. The molecule has 2 N–H and O–H groups in total. The van der Waals surface area contributed by atoms with E-state index in [1.54, 1.807) is 18.3 Å². The first-order chi connectivity index (χ1) is 10.3. The van der Waals surface area contributed by atoms with E-state index in [9.17, 15) is 5.11 Å². The number of aromatic hydroxyl groups is 1. The van der Waals surface area contributed by atoms with Crippen LogP contribution < -0.4 is 4.74 Å². The minimum absolute atomic E-state index is 0.212. The summed E-state index contributed by atoms with van der Waals surface area (Å²) in [5, 5.41) is 17.1. The lowest BCUT2D eigenvalue weighted by Gasteiger charge is -2.05. The summed E-state index contributed by atoms with van der Waals surface area (Å²) in [5.74, 6) is 0.763. The molecule has 0 aliphatic carbocycles. The van der Waals surface area contributed by atoms with Gasteiger partial charge in [0.15, 0.2) is 0 Å². The van der Waals surface area contributed by atoms with Crippen LogP contribution in [0.2, 0.25) is 0 Å². The van der Waals surface area contributed by atoms with Crippen molar-refractivity contribution in [3.05, 3.63) is 48.7 Å². The predicted octanol–water partition coefficient (Wildman–Crippen LogP) is 3.24. The van der Waals surface area contributed by atoms with E-state index in [2.05, 4.69) is 15.2 Å². The third-order valence-electron chi connectivity index (χ3n) is 3.10. The van der Waals surface area contributed by atoms with Crippen LogP contribution in [0.25, 0.3) is 22.5 Å². The van der Waals surface area contributed by atoms with Gasteiger partial charge in [0.1, 0.15) is 5.75 Å². The zero-order valence-corrected chi connectivity index (χ0v) is 11.6. The number of aromatic nitrogens is 3. The number of benzene rings is 1. The van der Waals surface area contributed by atoms with Crippen LogP contribution in [0, 0.1) is 0 Å². The largest absolute Gasteiger partial charge is 0.507 e. The van der Waals surface area contributed by atoms with E-state index in [0.717, 1.165) is 17.0 Å². The Balaban J connectivity index is 2.01. The molecule has 0 saturated carbocycles. The third-order valence-corrected chi connectivity index (χ3v) is 3.10. The maximum Gasteiger partial charge on any atom is 0.222 e. The molecule has 3 rings (SSSR count). The Morgan fingerprint density at radius 3 is 2.76 bits per heavy atom. The van der Waals surface area contributed by atoms with Gasteiger partial charge in [0.2, 0.25) is 5.88 Å². The van der Waals surface area contributed by atoms with Crippen LogP contribution in [0.5, 0.6) is 11.6 Å². The van der Waals surface area contributed by atoms with E-state index in [0.29, 0.717) is 18.1 Å². The Labute approximate surface area is 122 Å². The molecule has 0 atom stereocenters. The van der Waals surface area contributed by atoms with Crippen molar-refractivity contribution >= 4 is 0 Å². The number of hydrogen-bond acceptors (Lipinski definition) is 4. The van der Waals surface area contributed by atoms with E-state index >= 15 is 0 Å². The second-order valence-corrected chi connectivity index (χ2v) is 4.47. The highest BCUT2D eigenvalue weighted by molar-refractivity contribution is 5.73. The highest BCUT2D eigenvalue weighted by Crippen LogP contribution is 2.32.